The van der Waals surface area contributed by atoms with Gasteiger partial charge >= 0.3 is 0 Å². The first-order valence-corrected chi connectivity index (χ1v) is 17.3. The van der Waals surface area contributed by atoms with E-state index >= 15 is 0 Å². The lowest BCUT2D eigenvalue weighted by atomic mass is 9.99. The van der Waals surface area contributed by atoms with Gasteiger partial charge in [0.15, 0.2) is 5.58 Å². The lowest BCUT2D eigenvalue weighted by Crippen LogP contribution is -2.09. The van der Waals surface area contributed by atoms with Gasteiger partial charge in [-0.2, -0.15) is 0 Å². The summed E-state index contributed by atoms with van der Waals surface area (Å²) in [7, 11) is 0. The molecule has 2 aromatic heterocycles. The molecular weight excluding hydrogens is 617 g/mol. The van der Waals surface area contributed by atoms with Crippen molar-refractivity contribution in [3.05, 3.63) is 170 Å². The fourth-order valence-corrected chi connectivity index (χ4v) is 8.20. The molecule has 2 heterocycles. The third kappa shape index (κ3) is 4.68. The summed E-state index contributed by atoms with van der Waals surface area (Å²) >= 11 is 1.85. The highest BCUT2D eigenvalue weighted by Gasteiger charge is 2.17. The number of nitrogens with zero attached hydrogens (tertiary/aromatic N) is 2. The van der Waals surface area contributed by atoms with Gasteiger partial charge in [0.05, 0.1) is 0 Å². The molecule has 3 nitrogen and oxygen atoms in total. The number of hydrogen-bond donors (Lipinski definition) is 0. The van der Waals surface area contributed by atoms with Crippen molar-refractivity contribution < 1.29 is 4.42 Å². The molecule has 0 fully saturated rings. The van der Waals surface area contributed by atoms with Crippen molar-refractivity contribution in [1.82, 2.24) is 4.98 Å². The second-order valence-corrected chi connectivity index (χ2v) is 13.5. The van der Waals surface area contributed by atoms with Crippen LogP contribution in [0.15, 0.2) is 174 Å². The van der Waals surface area contributed by atoms with E-state index in [9.17, 15) is 0 Å². The summed E-state index contributed by atoms with van der Waals surface area (Å²) in [6.45, 7) is 0. The van der Waals surface area contributed by atoms with Crippen LogP contribution >= 0.6 is 11.3 Å². The van der Waals surface area contributed by atoms with Crippen LogP contribution in [0.4, 0.5) is 17.1 Å². The molecule has 0 spiro atoms. The molecule has 8 aromatic carbocycles. The Balaban J connectivity index is 1.11. The Kier molecular flexibility index (Phi) is 6.36. The molecule has 0 radical (unpaired) electrons. The summed E-state index contributed by atoms with van der Waals surface area (Å²) in [5, 5.41) is 7.12. The van der Waals surface area contributed by atoms with Crippen molar-refractivity contribution in [3.63, 3.8) is 0 Å². The van der Waals surface area contributed by atoms with E-state index in [1.54, 1.807) is 0 Å². The first kappa shape index (κ1) is 27.8. The molecule has 0 bridgehead atoms. The first-order chi connectivity index (χ1) is 24.3. The number of thiophene rings is 1. The molecule has 0 aliphatic carbocycles. The van der Waals surface area contributed by atoms with Gasteiger partial charge in [-0.3, -0.25) is 0 Å². The highest BCUT2D eigenvalue weighted by molar-refractivity contribution is 7.25. The first-order valence-electron chi connectivity index (χ1n) is 16.5. The van der Waals surface area contributed by atoms with Gasteiger partial charge in [-0.05, 0) is 100 Å². The van der Waals surface area contributed by atoms with Crippen LogP contribution in [-0.4, -0.2) is 4.98 Å². The highest BCUT2D eigenvalue weighted by atomic mass is 32.1. The van der Waals surface area contributed by atoms with E-state index in [4.69, 9.17) is 9.40 Å². The number of oxazole rings is 1. The molecule has 0 amide bonds. The number of fused-ring (bicyclic) bond motifs is 8. The van der Waals surface area contributed by atoms with E-state index in [-0.39, 0.29) is 0 Å². The number of anilines is 3. The Morgan fingerprint density at radius 2 is 1.14 bits per heavy atom. The van der Waals surface area contributed by atoms with Crippen molar-refractivity contribution in [2.24, 2.45) is 0 Å². The number of aromatic nitrogens is 1. The SMILES string of the molecule is c1ccc(-c2nc3ccc4ccc5cc(N(c6ccccc6)c6cccc(-c7ccc8sc9ccccc9c8c7)c6)ccc5c4c3o2)cc1. The molecule has 10 aromatic rings. The van der Waals surface area contributed by atoms with Crippen LogP contribution in [0.1, 0.15) is 0 Å². The molecule has 0 saturated carbocycles. The average Bonchev–Trinajstić information content (AvgIpc) is 3.77. The summed E-state index contributed by atoms with van der Waals surface area (Å²) < 4.78 is 9.11. The number of rotatable bonds is 5. The molecular formula is C45H28N2OS. The van der Waals surface area contributed by atoms with Crippen LogP contribution in [0.5, 0.6) is 0 Å². The lowest BCUT2D eigenvalue weighted by molar-refractivity contribution is 0.623. The Morgan fingerprint density at radius 3 is 2.04 bits per heavy atom. The summed E-state index contributed by atoms with van der Waals surface area (Å²) in [5.41, 5.74) is 8.33. The van der Waals surface area contributed by atoms with Crippen molar-refractivity contribution in [3.8, 4) is 22.6 Å². The second-order valence-electron chi connectivity index (χ2n) is 12.4. The average molecular weight is 645 g/mol. The second kappa shape index (κ2) is 11.2. The molecule has 49 heavy (non-hydrogen) atoms. The summed E-state index contributed by atoms with van der Waals surface area (Å²) in [4.78, 5) is 7.19. The van der Waals surface area contributed by atoms with Gasteiger partial charge in [0.2, 0.25) is 5.89 Å². The maximum atomic E-state index is 6.47. The zero-order chi connectivity index (χ0) is 32.3. The number of benzene rings is 8. The van der Waals surface area contributed by atoms with Crippen LogP contribution in [0, 0.1) is 0 Å². The van der Waals surface area contributed by atoms with Gasteiger partial charge in [-0.15, -0.1) is 11.3 Å². The Hall–Kier alpha value is -6.23. The normalized spacial score (nSPS) is 11.7. The van der Waals surface area contributed by atoms with Crippen molar-refractivity contribution in [1.29, 1.82) is 0 Å². The summed E-state index contributed by atoms with van der Waals surface area (Å²) in [6.07, 6.45) is 0. The standard InChI is InChI=1S/C45H28N2OS/c1-3-10-30(11-4-1)45-46-40-24-20-29-18-19-33-27-36(22-23-37(33)43(29)44(40)48-45)47(34-13-5-2-6-14-34)35-15-9-12-31(26-35)32-21-25-42-39(28-32)38-16-7-8-17-41(38)49-42/h1-28H. The molecule has 230 valence electrons. The fraction of sp³-hybridized carbons (Fsp3) is 0. The number of hydrogen-bond acceptors (Lipinski definition) is 4. The summed E-state index contributed by atoms with van der Waals surface area (Å²) in [6, 6.07) is 60.4. The largest absolute Gasteiger partial charge is 0.435 e. The Bertz CT molecular complexity index is 2840. The molecule has 0 saturated heterocycles. The van der Waals surface area contributed by atoms with Gasteiger partial charge in [-0.25, -0.2) is 4.98 Å². The van der Waals surface area contributed by atoms with Crippen LogP contribution < -0.4 is 4.90 Å². The molecule has 0 unspecified atom stereocenters. The number of para-hydroxylation sites is 1. The zero-order valence-corrected chi connectivity index (χ0v) is 27.2. The van der Waals surface area contributed by atoms with Crippen LogP contribution in [0.25, 0.3) is 75.4 Å². The third-order valence-electron chi connectivity index (χ3n) is 9.44. The van der Waals surface area contributed by atoms with E-state index in [0.717, 1.165) is 55.3 Å². The molecule has 10 rings (SSSR count). The van der Waals surface area contributed by atoms with Crippen molar-refractivity contribution >= 4 is 81.2 Å². The minimum atomic E-state index is 0.637. The monoisotopic (exact) mass is 644 g/mol. The quantitative estimate of drug-likeness (QED) is 0.175. The molecule has 0 aliphatic heterocycles. The van der Waals surface area contributed by atoms with Crippen LogP contribution in [0.3, 0.4) is 0 Å². The zero-order valence-electron chi connectivity index (χ0n) is 26.4. The van der Waals surface area contributed by atoms with Gasteiger partial charge in [0.1, 0.15) is 5.52 Å². The van der Waals surface area contributed by atoms with E-state index in [1.807, 2.05) is 41.7 Å². The van der Waals surface area contributed by atoms with Gasteiger partial charge in [-0.1, -0.05) is 97.1 Å². The lowest BCUT2D eigenvalue weighted by Gasteiger charge is -2.26. The Labute approximate surface area is 286 Å². The van der Waals surface area contributed by atoms with E-state index in [0.29, 0.717) is 5.89 Å². The highest BCUT2D eigenvalue weighted by Crippen LogP contribution is 2.41. The third-order valence-corrected chi connectivity index (χ3v) is 10.6. The molecule has 4 heteroatoms. The smallest absolute Gasteiger partial charge is 0.227 e. The maximum Gasteiger partial charge on any atom is 0.227 e. The van der Waals surface area contributed by atoms with Gasteiger partial charge in [0.25, 0.3) is 0 Å². The summed E-state index contributed by atoms with van der Waals surface area (Å²) in [5.74, 6) is 0.637. The molecule has 0 atom stereocenters. The minimum Gasteiger partial charge on any atom is -0.435 e. The van der Waals surface area contributed by atoms with E-state index in [2.05, 4.69) is 144 Å². The van der Waals surface area contributed by atoms with Gasteiger partial charge < -0.3 is 9.32 Å². The van der Waals surface area contributed by atoms with E-state index in [1.165, 1.54) is 31.3 Å². The molecule has 0 N–H and O–H groups in total. The van der Waals surface area contributed by atoms with Crippen LogP contribution in [0.2, 0.25) is 0 Å². The predicted molar refractivity (Wildman–Crippen MR) is 207 cm³/mol. The maximum absolute atomic E-state index is 6.47. The van der Waals surface area contributed by atoms with Gasteiger partial charge in [0, 0.05) is 48.2 Å². The van der Waals surface area contributed by atoms with Crippen LogP contribution in [-0.2, 0) is 0 Å². The molecule has 0 aliphatic rings. The van der Waals surface area contributed by atoms with Crippen molar-refractivity contribution in [2.75, 3.05) is 4.90 Å². The van der Waals surface area contributed by atoms with E-state index < -0.39 is 0 Å². The fourth-order valence-electron chi connectivity index (χ4n) is 7.12. The van der Waals surface area contributed by atoms with Crippen molar-refractivity contribution in [2.45, 2.75) is 0 Å². The minimum absolute atomic E-state index is 0.637. The topological polar surface area (TPSA) is 29.3 Å². The Morgan fingerprint density at radius 1 is 0.449 bits per heavy atom. The predicted octanol–water partition coefficient (Wildman–Crippen LogP) is 13.3.